The van der Waals surface area contributed by atoms with Gasteiger partial charge in [-0.3, -0.25) is 18.5 Å². The first-order valence-corrected chi connectivity index (χ1v) is 7.73. The van der Waals surface area contributed by atoms with E-state index in [1.165, 1.54) is 15.2 Å². The van der Waals surface area contributed by atoms with Gasteiger partial charge in [0.15, 0.2) is 11.2 Å². The maximum atomic E-state index is 12.8. The molecule has 0 saturated carbocycles. The molecule has 0 unspecified atom stereocenters. The number of aromatic nitrogens is 4. The van der Waals surface area contributed by atoms with Crippen LogP contribution >= 0.6 is 0 Å². The molecule has 0 fully saturated rings. The first-order chi connectivity index (χ1) is 11.5. The minimum absolute atomic E-state index is 0.164. The Kier molecular flexibility index (Phi) is 3.96. The number of fused-ring (bicyclic) bond motifs is 3. The van der Waals surface area contributed by atoms with Gasteiger partial charge in [0.2, 0.25) is 5.95 Å². The van der Waals surface area contributed by atoms with Gasteiger partial charge in [-0.05, 0) is 13.8 Å². The van der Waals surface area contributed by atoms with Crippen LogP contribution in [0.1, 0.15) is 13.8 Å². The topological polar surface area (TPSA) is 77.4 Å². The van der Waals surface area contributed by atoms with Crippen LogP contribution in [0.4, 0.5) is 5.95 Å². The van der Waals surface area contributed by atoms with E-state index in [9.17, 15) is 9.59 Å². The van der Waals surface area contributed by atoms with Gasteiger partial charge < -0.3 is 0 Å². The van der Waals surface area contributed by atoms with E-state index in [0.717, 1.165) is 5.71 Å². The van der Waals surface area contributed by atoms with Gasteiger partial charge in [0.25, 0.3) is 5.56 Å². The van der Waals surface area contributed by atoms with E-state index in [1.807, 2.05) is 30.6 Å². The first kappa shape index (κ1) is 16.0. The van der Waals surface area contributed by atoms with Gasteiger partial charge in [-0.25, -0.2) is 9.80 Å². The van der Waals surface area contributed by atoms with Crippen molar-refractivity contribution in [2.24, 2.45) is 12.1 Å². The molecule has 3 rings (SSSR count). The van der Waals surface area contributed by atoms with Crippen LogP contribution in [0.25, 0.3) is 11.2 Å². The molecule has 24 heavy (non-hydrogen) atoms. The summed E-state index contributed by atoms with van der Waals surface area (Å²) >= 11 is 0. The zero-order valence-electron chi connectivity index (χ0n) is 14.1. The van der Waals surface area contributed by atoms with Crippen molar-refractivity contribution in [3.63, 3.8) is 0 Å². The minimum Gasteiger partial charge on any atom is -0.297 e. The van der Waals surface area contributed by atoms with Gasteiger partial charge in [0.1, 0.15) is 0 Å². The molecule has 0 N–H and O–H groups in total. The highest BCUT2D eigenvalue weighted by molar-refractivity contribution is 5.87. The van der Waals surface area contributed by atoms with Gasteiger partial charge in [-0.2, -0.15) is 10.1 Å². The molecule has 8 heteroatoms. The number of aryl methyl sites for hydroxylation is 1. The number of hydrazone groups is 1. The van der Waals surface area contributed by atoms with Crippen LogP contribution in [0.2, 0.25) is 0 Å². The number of allylic oxidation sites excluding steroid dienone is 2. The number of nitrogens with zero attached hydrogens (tertiary/aromatic N) is 6. The molecule has 3 heterocycles. The number of hydrogen-bond acceptors (Lipinski definition) is 5. The van der Waals surface area contributed by atoms with Crippen molar-refractivity contribution in [1.82, 2.24) is 18.7 Å². The third-order valence-electron chi connectivity index (χ3n) is 3.95. The highest BCUT2D eigenvalue weighted by Gasteiger charge is 2.25. The van der Waals surface area contributed by atoms with Crippen LogP contribution in [0.3, 0.4) is 0 Å². The van der Waals surface area contributed by atoms with Crippen LogP contribution < -0.4 is 16.3 Å². The summed E-state index contributed by atoms with van der Waals surface area (Å²) in [6.07, 6.45) is 5.42. The van der Waals surface area contributed by atoms with Crippen LogP contribution in [0.5, 0.6) is 0 Å². The molecule has 0 spiro atoms. The molecule has 0 amide bonds. The largest absolute Gasteiger partial charge is 0.332 e. The lowest BCUT2D eigenvalue weighted by Crippen LogP contribution is -2.39. The Labute approximate surface area is 138 Å². The fourth-order valence-electron chi connectivity index (χ4n) is 2.84. The Morgan fingerprint density at radius 3 is 2.71 bits per heavy atom. The minimum atomic E-state index is -0.402. The summed E-state index contributed by atoms with van der Waals surface area (Å²) < 4.78 is 4.39. The zero-order chi connectivity index (χ0) is 17.4. The molecule has 0 aromatic carbocycles. The summed E-state index contributed by atoms with van der Waals surface area (Å²) in [7, 11) is 1.62. The predicted octanol–water partition coefficient (Wildman–Crippen LogP) is 0.855. The van der Waals surface area contributed by atoms with Crippen molar-refractivity contribution in [1.29, 1.82) is 0 Å². The van der Waals surface area contributed by atoms with E-state index in [1.54, 1.807) is 12.1 Å². The summed E-state index contributed by atoms with van der Waals surface area (Å²) in [4.78, 5) is 29.7. The molecule has 1 aliphatic rings. The van der Waals surface area contributed by atoms with Gasteiger partial charge >= 0.3 is 5.69 Å². The lowest BCUT2D eigenvalue weighted by Gasteiger charge is -2.23. The van der Waals surface area contributed by atoms with E-state index in [0.29, 0.717) is 30.2 Å². The van der Waals surface area contributed by atoms with E-state index < -0.39 is 5.69 Å². The lowest BCUT2D eigenvalue weighted by atomic mass is 10.3. The molecule has 0 bridgehead atoms. The molecular formula is C16H20N6O2. The Balaban J connectivity index is 2.34. The Hall–Kier alpha value is -2.90. The van der Waals surface area contributed by atoms with E-state index in [-0.39, 0.29) is 12.1 Å². The third kappa shape index (κ3) is 2.31. The normalized spacial score (nSPS) is 14.3. The molecule has 0 aliphatic carbocycles. The SMILES string of the molecule is C=CCn1c(=O)c2c(nc3n2CC(C)=NN3C/C=C/C)n(C)c1=O. The first-order valence-electron chi connectivity index (χ1n) is 7.73. The molecule has 0 radical (unpaired) electrons. The van der Waals surface area contributed by atoms with E-state index >= 15 is 0 Å². The highest BCUT2D eigenvalue weighted by atomic mass is 16.2. The Morgan fingerprint density at radius 2 is 2.04 bits per heavy atom. The molecule has 126 valence electrons. The predicted molar refractivity (Wildman–Crippen MR) is 94.7 cm³/mol. The van der Waals surface area contributed by atoms with Gasteiger partial charge in [0.05, 0.1) is 18.8 Å². The Morgan fingerprint density at radius 1 is 1.29 bits per heavy atom. The summed E-state index contributed by atoms with van der Waals surface area (Å²) in [6.45, 7) is 8.64. The lowest BCUT2D eigenvalue weighted by molar-refractivity contribution is 0.664. The maximum Gasteiger partial charge on any atom is 0.332 e. The van der Waals surface area contributed by atoms with Crippen LogP contribution in [0.15, 0.2) is 39.5 Å². The second-order valence-electron chi connectivity index (χ2n) is 5.70. The van der Waals surface area contributed by atoms with Crippen LogP contribution in [-0.2, 0) is 20.1 Å². The number of rotatable bonds is 4. The van der Waals surface area contributed by atoms with Crippen LogP contribution in [-0.4, -0.2) is 30.9 Å². The fourth-order valence-corrected chi connectivity index (χ4v) is 2.84. The quantitative estimate of drug-likeness (QED) is 0.780. The highest BCUT2D eigenvalue weighted by Crippen LogP contribution is 2.23. The monoisotopic (exact) mass is 328 g/mol. The number of hydrogen-bond donors (Lipinski definition) is 0. The number of imidazole rings is 1. The smallest absolute Gasteiger partial charge is 0.297 e. The second kappa shape index (κ2) is 5.95. The molecule has 0 saturated heterocycles. The fraction of sp³-hybridized carbons (Fsp3) is 0.375. The van der Waals surface area contributed by atoms with Crippen molar-refractivity contribution >= 4 is 22.8 Å². The van der Waals surface area contributed by atoms with Crippen molar-refractivity contribution in [2.45, 2.75) is 26.9 Å². The molecule has 2 aromatic rings. The third-order valence-corrected chi connectivity index (χ3v) is 3.95. The number of anilines is 1. The standard InChI is InChI=1S/C16H20N6O2/c1-5-7-9-22-15-17-13-12(21(15)10-11(3)18-22)14(23)20(8-6-2)16(24)19(13)4/h5-7H,2,8-10H2,1,3-4H3/b7-5+. The zero-order valence-corrected chi connectivity index (χ0v) is 14.1. The van der Waals surface area contributed by atoms with Crippen LogP contribution in [0, 0.1) is 0 Å². The Bertz CT molecular complexity index is 989. The summed E-state index contributed by atoms with van der Waals surface area (Å²) in [5.74, 6) is 0.567. The van der Waals surface area contributed by atoms with E-state index in [4.69, 9.17) is 0 Å². The van der Waals surface area contributed by atoms with Gasteiger partial charge in [0, 0.05) is 13.6 Å². The van der Waals surface area contributed by atoms with Crippen molar-refractivity contribution in [2.75, 3.05) is 11.6 Å². The summed E-state index contributed by atoms with van der Waals surface area (Å²) in [5, 5.41) is 6.24. The average Bonchev–Trinajstić information content (AvgIpc) is 2.94. The molecule has 1 aliphatic heterocycles. The maximum absolute atomic E-state index is 12.8. The van der Waals surface area contributed by atoms with E-state index in [2.05, 4.69) is 16.7 Å². The average molecular weight is 328 g/mol. The summed E-state index contributed by atoms with van der Waals surface area (Å²) in [6, 6.07) is 0. The molecular weight excluding hydrogens is 308 g/mol. The van der Waals surface area contributed by atoms with Gasteiger partial charge in [-0.15, -0.1) is 6.58 Å². The molecule has 0 atom stereocenters. The molecule has 8 nitrogen and oxygen atoms in total. The van der Waals surface area contributed by atoms with Crippen molar-refractivity contribution < 1.29 is 0 Å². The second-order valence-corrected chi connectivity index (χ2v) is 5.70. The summed E-state index contributed by atoms with van der Waals surface area (Å²) in [5.41, 5.74) is 0.895. The molecule has 2 aromatic heterocycles. The van der Waals surface area contributed by atoms with Crippen molar-refractivity contribution in [3.05, 3.63) is 45.6 Å². The van der Waals surface area contributed by atoms with Gasteiger partial charge in [-0.1, -0.05) is 18.2 Å². The van der Waals surface area contributed by atoms with Crippen molar-refractivity contribution in [3.8, 4) is 0 Å².